The molecule has 5 rings (SSSR count). The lowest BCUT2D eigenvalue weighted by Gasteiger charge is -2.31. The van der Waals surface area contributed by atoms with Crippen molar-refractivity contribution in [3.05, 3.63) is 51.9 Å². The SMILES string of the molecule is Cc1nc([C@H]2CC(C)Oc3c2cc(Cl)c(F)c3C(=O)NCC2CC2)n2ccnc(N)c12. The van der Waals surface area contributed by atoms with Crippen LogP contribution >= 0.6 is 11.6 Å². The van der Waals surface area contributed by atoms with Gasteiger partial charge in [0, 0.05) is 30.4 Å². The van der Waals surface area contributed by atoms with E-state index in [1.165, 1.54) is 0 Å². The average molecular weight is 444 g/mol. The summed E-state index contributed by atoms with van der Waals surface area (Å²) in [6, 6.07) is 1.54. The van der Waals surface area contributed by atoms with E-state index in [2.05, 4.69) is 10.3 Å². The molecule has 0 spiro atoms. The Morgan fingerprint density at radius 2 is 2.23 bits per heavy atom. The van der Waals surface area contributed by atoms with Gasteiger partial charge in [0.05, 0.1) is 16.8 Å². The van der Waals surface area contributed by atoms with Crippen LogP contribution in [0.2, 0.25) is 5.02 Å². The van der Waals surface area contributed by atoms with E-state index < -0.39 is 11.7 Å². The number of nitrogen functional groups attached to an aromatic ring is 1. The van der Waals surface area contributed by atoms with Gasteiger partial charge in [-0.05, 0) is 45.1 Å². The molecule has 1 saturated carbocycles. The molecule has 7 nitrogen and oxygen atoms in total. The number of hydrogen-bond donors (Lipinski definition) is 2. The summed E-state index contributed by atoms with van der Waals surface area (Å²) in [6.07, 6.45) is 5.92. The Balaban J connectivity index is 1.66. The molecule has 162 valence electrons. The van der Waals surface area contributed by atoms with Gasteiger partial charge >= 0.3 is 0 Å². The maximum atomic E-state index is 15.0. The maximum Gasteiger partial charge on any atom is 0.258 e. The molecule has 1 amide bonds. The molecule has 1 unspecified atom stereocenters. The van der Waals surface area contributed by atoms with Crippen molar-refractivity contribution in [1.82, 2.24) is 19.7 Å². The summed E-state index contributed by atoms with van der Waals surface area (Å²) in [7, 11) is 0. The standard InChI is InChI=1S/C22H23ClFN5O2/c1-10-7-14(21-28-11(2)18-20(25)26-5-6-29(18)21)13-8-15(23)17(24)16(19(13)31-10)22(30)27-9-12-3-4-12/h5-6,8,10,12,14H,3-4,7,9H2,1-2H3,(H2,25,26)(H,27,30)/t10?,14-/m0/s1. The number of hydrogen-bond acceptors (Lipinski definition) is 5. The molecule has 9 heteroatoms. The van der Waals surface area contributed by atoms with Crippen molar-refractivity contribution < 1.29 is 13.9 Å². The lowest BCUT2D eigenvalue weighted by atomic mass is 9.87. The molecule has 3 heterocycles. The lowest BCUT2D eigenvalue weighted by Crippen LogP contribution is -2.31. The van der Waals surface area contributed by atoms with Gasteiger partial charge < -0.3 is 15.8 Å². The summed E-state index contributed by atoms with van der Waals surface area (Å²) in [4.78, 5) is 21.8. The molecule has 0 saturated heterocycles. The molecule has 2 aromatic heterocycles. The van der Waals surface area contributed by atoms with Gasteiger partial charge in [-0.2, -0.15) is 0 Å². The number of ether oxygens (including phenoxy) is 1. The largest absolute Gasteiger partial charge is 0.489 e. The Kier molecular flexibility index (Phi) is 4.77. The van der Waals surface area contributed by atoms with Crippen LogP contribution in [0.15, 0.2) is 18.5 Å². The molecule has 0 bridgehead atoms. The van der Waals surface area contributed by atoms with Gasteiger partial charge in [0.2, 0.25) is 0 Å². The number of anilines is 1. The second-order valence-corrected chi connectivity index (χ2v) is 8.83. The van der Waals surface area contributed by atoms with Crippen molar-refractivity contribution >= 4 is 28.8 Å². The predicted octanol–water partition coefficient (Wildman–Crippen LogP) is 3.86. The summed E-state index contributed by atoms with van der Waals surface area (Å²) in [5.41, 5.74) is 8.05. The van der Waals surface area contributed by atoms with Crippen LogP contribution in [0.3, 0.4) is 0 Å². The number of benzene rings is 1. The number of nitrogens with one attached hydrogen (secondary N) is 1. The zero-order valence-corrected chi connectivity index (χ0v) is 18.0. The third-order valence-corrected chi connectivity index (χ3v) is 6.31. The van der Waals surface area contributed by atoms with E-state index in [-0.39, 0.29) is 28.4 Å². The van der Waals surface area contributed by atoms with Gasteiger partial charge in [-0.15, -0.1) is 0 Å². The Labute approximate surface area is 183 Å². The third kappa shape index (κ3) is 3.39. The first kappa shape index (κ1) is 20.1. The van der Waals surface area contributed by atoms with E-state index in [0.29, 0.717) is 30.3 Å². The number of rotatable bonds is 4. The quantitative estimate of drug-likeness (QED) is 0.638. The van der Waals surface area contributed by atoms with Crippen LogP contribution in [-0.2, 0) is 0 Å². The Morgan fingerprint density at radius 3 is 2.97 bits per heavy atom. The van der Waals surface area contributed by atoms with Crippen LogP contribution in [0.4, 0.5) is 10.2 Å². The normalized spacial score (nSPS) is 20.4. The maximum absolute atomic E-state index is 15.0. The Hall–Kier alpha value is -2.87. The van der Waals surface area contributed by atoms with Crippen molar-refractivity contribution in [1.29, 1.82) is 0 Å². The van der Waals surface area contributed by atoms with Gasteiger partial charge in [0.25, 0.3) is 5.91 Å². The van der Waals surface area contributed by atoms with Gasteiger partial charge in [0.15, 0.2) is 5.82 Å². The molecule has 1 aliphatic carbocycles. The van der Waals surface area contributed by atoms with Crippen LogP contribution in [0.5, 0.6) is 5.75 Å². The Morgan fingerprint density at radius 1 is 1.45 bits per heavy atom. The topological polar surface area (TPSA) is 94.5 Å². The van der Waals surface area contributed by atoms with E-state index in [4.69, 9.17) is 27.1 Å². The van der Waals surface area contributed by atoms with Gasteiger partial charge in [-0.3, -0.25) is 9.20 Å². The van der Waals surface area contributed by atoms with Crippen LogP contribution < -0.4 is 15.8 Å². The highest BCUT2D eigenvalue weighted by Gasteiger charge is 2.36. The number of amides is 1. The number of aryl methyl sites for hydroxylation is 1. The molecule has 2 atom stereocenters. The van der Waals surface area contributed by atoms with E-state index in [1.807, 2.05) is 18.2 Å². The van der Waals surface area contributed by atoms with Crippen molar-refractivity contribution in [3.63, 3.8) is 0 Å². The summed E-state index contributed by atoms with van der Waals surface area (Å²) < 4.78 is 22.9. The number of nitrogens with zero attached hydrogens (tertiary/aromatic N) is 3. The van der Waals surface area contributed by atoms with E-state index in [1.54, 1.807) is 18.5 Å². The molecule has 31 heavy (non-hydrogen) atoms. The monoisotopic (exact) mass is 443 g/mol. The highest BCUT2D eigenvalue weighted by atomic mass is 35.5. The lowest BCUT2D eigenvalue weighted by molar-refractivity contribution is 0.0936. The van der Waals surface area contributed by atoms with E-state index in [0.717, 1.165) is 29.9 Å². The van der Waals surface area contributed by atoms with E-state index >= 15 is 4.39 Å². The van der Waals surface area contributed by atoms with Crippen LogP contribution in [0.1, 0.15) is 59.5 Å². The van der Waals surface area contributed by atoms with Crippen LogP contribution in [0, 0.1) is 18.7 Å². The van der Waals surface area contributed by atoms with Crippen molar-refractivity contribution in [2.24, 2.45) is 5.92 Å². The number of fused-ring (bicyclic) bond motifs is 2. The number of carbonyl (C=O) groups is 1. The zero-order valence-electron chi connectivity index (χ0n) is 17.3. The molecular formula is C22H23ClFN5O2. The molecule has 1 aromatic carbocycles. The minimum Gasteiger partial charge on any atom is -0.489 e. The molecule has 1 fully saturated rings. The molecular weight excluding hydrogens is 421 g/mol. The number of carbonyl (C=O) groups excluding carboxylic acids is 1. The first-order valence-corrected chi connectivity index (χ1v) is 10.8. The molecule has 2 aliphatic rings. The van der Waals surface area contributed by atoms with Gasteiger partial charge in [0.1, 0.15) is 28.5 Å². The van der Waals surface area contributed by atoms with Crippen molar-refractivity contribution in [2.75, 3.05) is 12.3 Å². The number of imidazole rings is 1. The third-order valence-electron chi connectivity index (χ3n) is 6.03. The van der Waals surface area contributed by atoms with Gasteiger partial charge in [-0.1, -0.05) is 11.6 Å². The summed E-state index contributed by atoms with van der Waals surface area (Å²) in [6.45, 7) is 4.29. The van der Waals surface area contributed by atoms with Crippen molar-refractivity contribution in [2.45, 2.75) is 45.1 Å². The molecule has 0 radical (unpaired) electrons. The molecule has 3 N–H and O–H groups in total. The fraction of sp³-hybridized carbons (Fsp3) is 0.409. The van der Waals surface area contributed by atoms with E-state index in [9.17, 15) is 4.79 Å². The summed E-state index contributed by atoms with van der Waals surface area (Å²) >= 11 is 6.24. The zero-order chi connectivity index (χ0) is 21.9. The highest BCUT2D eigenvalue weighted by molar-refractivity contribution is 6.31. The predicted molar refractivity (Wildman–Crippen MR) is 115 cm³/mol. The fourth-order valence-corrected chi connectivity index (χ4v) is 4.54. The van der Waals surface area contributed by atoms with Crippen LogP contribution in [0.25, 0.3) is 5.52 Å². The second-order valence-electron chi connectivity index (χ2n) is 8.42. The Bertz CT molecular complexity index is 1210. The first-order chi connectivity index (χ1) is 14.8. The molecule has 1 aliphatic heterocycles. The number of nitrogens with two attached hydrogens (primary N) is 1. The summed E-state index contributed by atoms with van der Waals surface area (Å²) in [5, 5.41) is 2.71. The number of halogens is 2. The minimum absolute atomic E-state index is 0.114. The highest BCUT2D eigenvalue weighted by Crippen LogP contribution is 2.45. The molecule has 3 aromatic rings. The van der Waals surface area contributed by atoms with Crippen LogP contribution in [-0.4, -0.2) is 32.9 Å². The average Bonchev–Trinajstić information content (AvgIpc) is 3.49. The summed E-state index contributed by atoms with van der Waals surface area (Å²) in [5.74, 6) is 0.285. The first-order valence-electron chi connectivity index (χ1n) is 10.4. The second kappa shape index (κ2) is 7.37. The van der Waals surface area contributed by atoms with Crippen molar-refractivity contribution in [3.8, 4) is 5.75 Å². The van der Waals surface area contributed by atoms with Gasteiger partial charge in [-0.25, -0.2) is 14.4 Å². The smallest absolute Gasteiger partial charge is 0.258 e. The number of aromatic nitrogens is 3. The minimum atomic E-state index is -0.765. The fourth-order valence-electron chi connectivity index (χ4n) is 4.33.